The molecule has 3 aromatic rings. The maximum absolute atomic E-state index is 14.0. The second-order valence-corrected chi connectivity index (χ2v) is 8.89. The number of aromatic nitrogens is 3. The van der Waals surface area contributed by atoms with Gasteiger partial charge < -0.3 is 9.73 Å². The molecule has 0 spiro atoms. The number of benzene rings is 1. The van der Waals surface area contributed by atoms with E-state index >= 15 is 0 Å². The maximum Gasteiger partial charge on any atom is 0.237 e. The minimum absolute atomic E-state index is 0.139. The molecule has 1 N–H and O–H groups in total. The molecule has 0 saturated heterocycles. The Morgan fingerprint density at radius 1 is 1.32 bits per heavy atom. The highest BCUT2D eigenvalue weighted by molar-refractivity contribution is 9.10. The summed E-state index contributed by atoms with van der Waals surface area (Å²) in [7, 11) is 0. The Kier molecular flexibility index (Phi) is 6.56. The minimum atomic E-state index is -0.498. The fraction of sp³-hybridized carbons (Fsp3) is 0.316. The van der Waals surface area contributed by atoms with E-state index in [1.165, 1.54) is 23.9 Å². The summed E-state index contributed by atoms with van der Waals surface area (Å²) >= 11 is 4.47. The first-order valence-corrected chi connectivity index (χ1v) is 10.4. The molecule has 1 atom stereocenters. The van der Waals surface area contributed by atoms with E-state index < -0.39 is 11.1 Å². The summed E-state index contributed by atoms with van der Waals surface area (Å²) in [6.45, 7) is 6.61. The van der Waals surface area contributed by atoms with Crippen LogP contribution in [0.15, 0.2) is 50.6 Å². The van der Waals surface area contributed by atoms with Crippen molar-refractivity contribution in [2.24, 2.45) is 5.92 Å². The number of hydrogen-bond acceptors (Lipinski definition) is 5. The van der Waals surface area contributed by atoms with Crippen LogP contribution in [0.1, 0.15) is 20.8 Å². The fourth-order valence-electron chi connectivity index (χ4n) is 2.53. The van der Waals surface area contributed by atoms with Crippen LogP contribution in [0.5, 0.6) is 0 Å². The number of carbonyl (C=O) groups excluding carboxylic acids is 1. The lowest BCUT2D eigenvalue weighted by Crippen LogP contribution is -2.23. The van der Waals surface area contributed by atoms with Crippen molar-refractivity contribution in [1.82, 2.24) is 14.8 Å². The van der Waals surface area contributed by atoms with Gasteiger partial charge in [-0.3, -0.25) is 9.36 Å². The van der Waals surface area contributed by atoms with Crippen molar-refractivity contribution in [2.45, 2.75) is 37.7 Å². The average Bonchev–Trinajstić information content (AvgIpc) is 3.27. The Balaban J connectivity index is 1.77. The highest BCUT2D eigenvalue weighted by atomic mass is 79.9. The molecule has 0 fully saturated rings. The van der Waals surface area contributed by atoms with E-state index in [1.54, 1.807) is 25.3 Å². The number of anilines is 1. The lowest BCUT2D eigenvalue weighted by Gasteiger charge is -2.15. The van der Waals surface area contributed by atoms with E-state index in [4.69, 9.17) is 4.42 Å². The van der Waals surface area contributed by atoms with Gasteiger partial charge in [-0.1, -0.05) is 41.5 Å². The van der Waals surface area contributed by atoms with Crippen LogP contribution in [0.2, 0.25) is 0 Å². The normalized spacial score (nSPS) is 12.4. The molecule has 0 aliphatic rings. The van der Waals surface area contributed by atoms with Crippen LogP contribution in [0.25, 0.3) is 11.6 Å². The topological polar surface area (TPSA) is 73.0 Å². The molecule has 148 valence electrons. The number of thioether (sulfide) groups is 1. The third-order valence-electron chi connectivity index (χ3n) is 3.85. The Morgan fingerprint density at radius 3 is 2.75 bits per heavy atom. The van der Waals surface area contributed by atoms with Gasteiger partial charge >= 0.3 is 0 Å². The van der Waals surface area contributed by atoms with Crippen LogP contribution in [0, 0.1) is 11.7 Å². The van der Waals surface area contributed by atoms with E-state index in [9.17, 15) is 9.18 Å². The molecule has 0 saturated carbocycles. The van der Waals surface area contributed by atoms with Gasteiger partial charge in [0.2, 0.25) is 5.91 Å². The highest BCUT2D eigenvalue weighted by Gasteiger charge is 2.23. The number of nitrogens with zero attached hydrogens (tertiary/aromatic N) is 3. The number of amides is 1. The van der Waals surface area contributed by atoms with Gasteiger partial charge in [0.1, 0.15) is 5.82 Å². The fourth-order valence-corrected chi connectivity index (χ4v) is 3.72. The van der Waals surface area contributed by atoms with Crippen molar-refractivity contribution in [3.05, 3.63) is 46.9 Å². The standard InChI is InChI=1S/C19H20BrFN4O2S/c1-11(2)10-25-17(16-5-4-8-27-16)23-24-19(25)28-12(3)18(26)22-15-7-6-13(20)9-14(15)21/h4-9,11-12H,10H2,1-3H3,(H,22,26). The van der Waals surface area contributed by atoms with E-state index in [1.807, 2.05) is 10.6 Å². The highest BCUT2D eigenvalue weighted by Crippen LogP contribution is 2.29. The molecule has 9 heteroatoms. The number of nitrogens with one attached hydrogen (secondary N) is 1. The Labute approximate surface area is 175 Å². The Hall–Kier alpha value is -2.13. The molecule has 0 aliphatic carbocycles. The summed E-state index contributed by atoms with van der Waals surface area (Å²) in [5.74, 6) is 0.778. The van der Waals surface area contributed by atoms with Crippen molar-refractivity contribution in [1.29, 1.82) is 0 Å². The van der Waals surface area contributed by atoms with Gasteiger partial charge in [-0.2, -0.15) is 0 Å². The second-order valence-electron chi connectivity index (χ2n) is 6.66. The molecule has 1 unspecified atom stereocenters. The van der Waals surface area contributed by atoms with Crippen molar-refractivity contribution in [2.75, 3.05) is 5.32 Å². The smallest absolute Gasteiger partial charge is 0.237 e. The number of carbonyl (C=O) groups is 1. The monoisotopic (exact) mass is 466 g/mol. The Morgan fingerprint density at radius 2 is 2.11 bits per heavy atom. The van der Waals surface area contributed by atoms with E-state index in [2.05, 4.69) is 45.3 Å². The molecule has 2 aromatic heterocycles. The zero-order chi connectivity index (χ0) is 20.3. The van der Waals surface area contributed by atoms with Crippen LogP contribution in [0.3, 0.4) is 0 Å². The molecular formula is C19H20BrFN4O2S. The van der Waals surface area contributed by atoms with E-state index in [0.29, 0.717) is 33.7 Å². The largest absolute Gasteiger partial charge is 0.461 e. The van der Waals surface area contributed by atoms with Crippen molar-refractivity contribution in [3.63, 3.8) is 0 Å². The van der Waals surface area contributed by atoms with Gasteiger partial charge in [-0.05, 0) is 43.2 Å². The van der Waals surface area contributed by atoms with Crippen LogP contribution in [0.4, 0.5) is 10.1 Å². The zero-order valence-electron chi connectivity index (χ0n) is 15.6. The summed E-state index contributed by atoms with van der Waals surface area (Å²) in [6.07, 6.45) is 1.58. The second kappa shape index (κ2) is 8.91. The maximum atomic E-state index is 14.0. The van der Waals surface area contributed by atoms with E-state index in [0.717, 1.165) is 0 Å². The van der Waals surface area contributed by atoms with Gasteiger partial charge in [-0.15, -0.1) is 10.2 Å². The number of halogens is 2. The Bertz CT molecular complexity index is 959. The van der Waals surface area contributed by atoms with E-state index in [-0.39, 0.29) is 11.6 Å². The third kappa shape index (κ3) is 4.82. The molecule has 0 bridgehead atoms. The van der Waals surface area contributed by atoms with Crippen molar-refractivity contribution < 1.29 is 13.6 Å². The molecule has 1 amide bonds. The van der Waals surface area contributed by atoms with Crippen LogP contribution in [-0.2, 0) is 11.3 Å². The molecule has 6 nitrogen and oxygen atoms in total. The van der Waals surface area contributed by atoms with Gasteiger partial charge in [0, 0.05) is 11.0 Å². The lowest BCUT2D eigenvalue weighted by molar-refractivity contribution is -0.115. The van der Waals surface area contributed by atoms with Gasteiger partial charge in [-0.25, -0.2) is 4.39 Å². The molecule has 2 heterocycles. The molecule has 1 aromatic carbocycles. The first-order chi connectivity index (χ1) is 13.3. The third-order valence-corrected chi connectivity index (χ3v) is 5.42. The summed E-state index contributed by atoms with van der Waals surface area (Å²) < 4.78 is 22.0. The first kappa shape index (κ1) is 20.6. The minimum Gasteiger partial charge on any atom is -0.461 e. The molecule has 0 aliphatic heterocycles. The van der Waals surface area contributed by atoms with Gasteiger partial charge in [0.25, 0.3) is 0 Å². The predicted molar refractivity (Wildman–Crippen MR) is 111 cm³/mol. The van der Waals surface area contributed by atoms with Gasteiger partial charge in [0.05, 0.1) is 17.2 Å². The summed E-state index contributed by atoms with van der Waals surface area (Å²) in [6, 6.07) is 8.11. The first-order valence-electron chi connectivity index (χ1n) is 8.74. The lowest BCUT2D eigenvalue weighted by atomic mass is 10.2. The average molecular weight is 467 g/mol. The summed E-state index contributed by atoms with van der Waals surface area (Å²) in [5, 5.41) is 11.2. The predicted octanol–water partition coefficient (Wildman–Crippen LogP) is 5.22. The summed E-state index contributed by atoms with van der Waals surface area (Å²) in [4.78, 5) is 12.5. The van der Waals surface area contributed by atoms with Crippen molar-refractivity contribution in [3.8, 4) is 11.6 Å². The SMILES string of the molecule is CC(C)Cn1c(SC(C)C(=O)Nc2ccc(Br)cc2F)nnc1-c1ccco1. The molecular weight excluding hydrogens is 447 g/mol. The molecule has 0 radical (unpaired) electrons. The molecule has 28 heavy (non-hydrogen) atoms. The number of furan rings is 1. The van der Waals surface area contributed by atoms with Crippen molar-refractivity contribution >= 4 is 39.3 Å². The molecule has 3 rings (SSSR count). The quantitative estimate of drug-likeness (QED) is 0.483. The van der Waals surface area contributed by atoms with Crippen LogP contribution < -0.4 is 5.32 Å². The van der Waals surface area contributed by atoms with Crippen LogP contribution >= 0.6 is 27.7 Å². The number of rotatable bonds is 7. The number of hydrogen-bond donors (Lipinski definition) is 1. The van der Waals surface area contributed by atoms with Crippen LogP contribution in [-0.4, -0.2) is 25.9 Å². The summed E-state index contributed by atoms with van der Waals surface area (Å²) in [5.41, 5.74) is 0.139. The zero-order valence-corrected chi connectivity index (χ0v) is 18.1. The van der Waals surface area contributed by atoms with Gasteiger partial charge in [0.15, 0.2) is 16.7 Å².